The summed E-state index contributed by atoms with van der Waals surface area (Å²) in [5, 5.41) is 0. The van der Waals surface area contributed by atoms with E-state index in [1.165, 1.54) is 0 Å². The van der Waals surface area contributed by atoms with Crippen molar-refractivity contribution in [3.63, 3.8) is 0 Å². The third kappa shape index (κ3) is 1.74. The van der Waals surface area contributed by atoms with Gasteiger partial charge >= 0.3 is 0 Å². The van der Waals surface area contributed by atoms with Gasteiger partial charge in [0.1, 0.15) is 6.04 Å². The highest BCUT2D eigenvalue weighted by molar-refractivity contribution is 6.08. The third-order valence-corrected chi connectivity index (χ3v) is 4.48. The molecular formula is C18H17NO2. The Balaban J connectivity index is 1.79. The predicted molar refractivity (Wildman–Crippen MR) is 81.0 cm³/mol. The zero-order chi connectivity index (χ0) is 14.3. The van der Waals surface area contributed by atoms with Gasteiger partial charge in [0, 0.05) is 12.3 Å². The number of nitrogens with zero attached hydrogens (tertiary/aromatic N) is 1. The molecule has 2 saturated heterocycles. The van der Waals surface area contributed by atoms with E-state index < -0.39 is 5.60 Å². The zero-order valence-corrected chi connectivity index (χ0v) is 11.7. The minimum Gasteiger partial charge on any atom is -0.363 e. The number of rotatable bonds is 2. The Morgan fingerprint density at radius 1 is 1.00 bits per heavy atom. The summed E-state index contributed by atoms with van der Waals surface area (Å²) in [5.74, 6) is 0.0973. The third-order valence-electron chi connectivity index (χ3n) is 4.48. The zero-order valence-electron chi connectivity index (χ0n) is 11.7. The molecule has 1 amide bonds. The summed E-state index contributed by atoms with van der Waals surface area (Å²) in [5.41, 5.74) is 1.44. The molecule has 0 aliphatic carbocycles. The summed E-state index contributed by atoms with van der Waals surface area (Å²) in [6.07, 6.45) is 1.77. The van der Waals surface area contributed by atoms with E-state index in [-0.39, 0.29) is 11.9 Å². The van der Waals surface area contributed by atoms with E-state index in [0.29, 0.717) is 6.61 Å². The summed E-state index contributed by atoms with van der Waals surface area (Å²) in [6.45, 7) is 0.678. The molecule has 0 unspecified atom stereocenters. The molecule has 0 bridgehead atoms. The Bertz CT molecular complexity index is 647. The fourth-order valence-corrected chi connectivity index (χ4v) is 3.53. The van der Waals surface area contributed by atoms with E-state index in [9.17, 15) is 4.79 Å². The molecule has 3 heteroatoms. The lowest BCUT2D eigenvalue weighted by Gasteiger charge is -2.53. The van der Waals surface area contributed by atoms with Gasteiger partial charge in [0.05, 0.1) is 0 Å². The number of ether oxygens (including phenoxy) is 1. The molecular weight excluding hydrogens is 262 g/mol. The number of carbonyl (C=O) groups excluding carboxylic acids is 1. The SMILES string of the molecule is O=C1N(c2ccccc2)[C@@H](c2ccccc2)[C@]12CCCO2. The van der Waals surface area contributed by atoms with Crippen LogP contribution in [0.1, 0.15) is 24.4 Å². The first-order valence-electron chi connectivity index (χ1n) is 7.40. The quantitative estimate of drug-likeness (QED) is 0.789. The van der Waals surface area contributed by atoms with Crippen molar-refractivity contribution in [3.05, 3.63) is 66.2 Å². The molecule has 2 aromatic rings. The van der Waals surface area contributed by atoms with Gasteiger partial charge in [0.2, 0.25) is 0 Å². The van der Waals surface area contributed by atoms with Gasteiger partial charge in [-0.05, 0) is 30.5 Å². The Morgan fingerprint density at radius 3 is 2.29 bits per heavy atom. The average Bonchev–Trinajstić information content (AvgIpc) is 3.06. The maximum absolute atomic E-state index is 12.8. The number of β-lactam (4-membered cyclic amide) rings is 1. The molecule has 3 nitrogen and oxygen atoms in total. The molecule has 21 heavy (non-hydrogen) atoms. The second kappa shape index (κ2) is 4.71. The molecule has 106 valence electrons. The second-order valence-corrected chi connectivity index (χ2v) is 5.67. The number of carbonyl (C=O) groups is 1. The van der Waals surface area contributed by atoms with Gasteiger partial charge in [0.15, 0.2) is 5.60 Å². The first-order chi connectivity index (χ1) is 10.3. The van der Waals surface area contributed by atoms with Gasteiger partial charge in [-0.3, -0.25) is 9.69 Å². The fraction of sp³-hybridized carbons (Fsp3) is 0.278. The lowest BCUT2D eigenvalue weighted by Crippen LogP contribution is -2.68. The summed E-state index contributed by atoms with van der Waals surface area (Å²) in [7, 11) is 0. The lowest BCUT2D eigenvalue weighted by atomic mass is 9.75. The van der Waals surface area contributed by atoms with Crippen LogP contribution in [-0.4, -0.2) is 18.1 Å². The molecule has 2 heterocycles. The Labute approximate surface area is 124 Å². The van der Waals surface area contributed by atoms with Crippen molar-refractivity contribution in [1.29, 1.82) is 0 Å². The number of benzene rings is 2. The summed E-state index contributed by atoms with van der Waals surface area (Å²) in [4.78, 5) is 14.6. The van der Waals surface area contributed by atoms with Crippen molar-refractivity contribution < 1.29 is 9.53 Å². The Hall–Kier alpha value is -2.13. The van der Waals surface area contributed by atoms with Crippen LogP contribution < -0.4 is 4.90 Å². The predicted octanol–water partition coefficient (Wildman–Crippen LogP) is 3.32. The molecule has 2 fully saturated rings. The minimum absolute atomic E-state index is 0.0175. The van der Waals surface area contributed by atoms with Crippen LogP contribution in [0.4, 0.5) is 5.69 Å². The van der Waals surface area contributed by atoms with Gasteiger partial charge in [-0.2, -0.15) is 0 Å². The van der Waals surface area contributed by atoms with E-state index in [0.717, 1.165) is 24.1 Å². The monoisotopic (exact) mass is 279 g/mol. The maximum Gasteiger partial charge on any atom is 0.262 e. The van der Waals surface area contributed by atoms with Crippen LogP contribution >= 0.6 is 0 Å². The number of amides is 1. The normalized spacial score (nSPS) is 27.9. The molecule has 0 aromatic heterocycles. The van der Waals surface area contributed by atoms with Crippen LogP contribution in [0, 0.1) is 0 Å². The number of hydrogen-bond donors (Lipinski definition) is 0. The van der Waals surface area contributed by atoms with Crippen LogP contribution in [0.25, 0.3) is 0 Å². The van der Waals surface area contributed by atoms with E-state index in [1.807, 2.05) is 53.4 Å². The van der Waals surface area contributed by atoms with Crippen LogP contribution in [0.2, 0.25) is 0 Å². The van der Waals surface area contributed by atoms with Gasteiger partial charge in [-0.1, -0.05) is 48.5 Å². The number of hydrogen-bond acceptors (Lipinski definition) is 2. The van der Waals surface area contributed by atoms with Gasteiger partial charge < -0.3 is 4.74 Å². The van der Waals surface area contributed by atoms with E-state index >= 15 is 0 Å². The van der Waals surface area contributed by atoms with Gasteiger partial charge in [-0.15, -0.1) is 0 Å². The first-order valence-corrected chi connectivity index (χ1v) is 7.40. The molecule has 2 aliphatic rings. The van der Waals surface area contributed by atoms with Gasteiger partial charge in [-0.25, -0.2) is 0 Å². The lowest BCUT2D eigenvalue weighted by molar-refractivity contribution is -0.156. The fourth-order valence-electron chi connectivity index (χ4n) is 3.53. The van der Waals surface area contributed by atoms with Crippen LogP contribution in [0.3, 0.4) is 0 Å². The highest BCUT2D eigenvalue weighted by Gasteiger charge is 2.64. The molecule has 1 spiro atoms. The first kappa shape index (κ1) is 12.6. The van der Waals surface area contributed by atoms with E-state index in [1.54, 1.807) is 0 Å². The van der Waals surface area contributed by atoms with Crippen LogP contribution in [-0.2, 0) is 9.53 Å². The summed E-state index contributed by atoms with van der Waals surface area (Å²) >= 11 is 0. The summed E-state index contributed by atoms with van der Waals surface area (Å²) in [6, 6.07) is 20.0. The molecule has 2 atom stereocenters. The van der Waals surface area contributed by atoms with Crippen molar-refractivity contribution in [3.8, 4) is 0 Å². The Morgan fingerprint density at radius 2 is 1.67 bits per heavy atom. The topological polar surface area (TPSA) is 29.5 Å². The molecule has 2 aromatic carbocycles. The van der Waals surface area contributed by atoms with Crippen molar-refractivity contribution in [2.45, 2.75) is 24.5 Å². The molecule has 0 radical (unpaired) electrons. The highest BCUT2D eigenvalue weighted by Crippen LogP contribution is 2.52. The largest absolute Gasteiger partial charge is 0.363 e. The number of anilines is 1. The van der Waals surface area contributed by atoms with Crippen LogP contribution in [0.15, 0.2) is 60.7 Å². The van der Waals surface area contributed by atoms with Crippen molar-refractivity contribution in [2.75, 3.05) is 11.5 Å². The van der Waals surface area contributed by atoms with E-state index in [2.05, 4.69) is 12.1 Å². The molecule has 0 N–H and O–H groups in total. The summed E-state index contributed by atoms with van der Waals surface area (Å²) < 4.78 is 5.92. The van der Waals surface area contributed by atoms with Crippen molar-refractivity contribution in [2.24, 2.45) is 0 Å². The minimum atomic E-state index is -0.642. The Kier molecular flexibility index (Phi) is 2.82. The van der Waals surface area contributed by atoms with Gasteiger partial charge in [0.25, 0.3) is 5.91 Å². The maximum atomic E-state index is 12.8. The van der Waals surface area contributed by atoms with E-state index in [4.69, 9.17) is 4.74 Å². The smallest absolute Gasteiger partial charge is 0.262 e. The molecule has 4 rings (SSSR count). The second-order valence-electron chi connectivity index (χ2n) is 5.67. The average molecular weight is 279 g/mol. The standard InChI is InChI=1S/C18H17NO2/c20-17-18(12-7-13-21-18)16(14-8-3-1-4-9-14)19(17)15-10-5-2-6-11-15/h1-6,8-11,16H,7,12-13H2/t16-,18+/m0/s1. The molecule has 2 aliphatic heterocycles. The van der Waals surface area contributed by atoms with Crippen molar-refractivity contribution in [1.82, 2.24) is 0 Å². The number of para-hydroxylation sites is 1. The van der Waals surface area contributed by atoms with Crippen LogP contribution in [0.5, 0.6) is 0 Å². The molecule has 0 saturated carbocycles. The van der Waals surface area contributed by atoms with Crippen molar-refractivity contribution >= 4 is 11.6 Å². The highest BCUT2D eigenvalue weighted by atomic mass is 16.5.